The third-order valence-electron chi connectivity index (χ3n) is 7.52. The Labute approximate surface area is 286 Å². The van der Waals surface area contributed by atoms with Crippen LogP contribution in [0, 0.1) is 0 Å². The highest BCUT2D eigenvalue weighted by Gasteiger charge is 2.45. The summed E-state index contributed by atoms with van der Waals surface area (Å²) in [5.74, 6) is -2.12. The number of hydrogen-bond donors (Lipinski definition) is 11. The second-order valence-corrected chi connectivity index (χ2v) is 10.9. The van der Waals surface area contributed by atoms with E-state index in [2.05, 4.69) is 9.97 Å². The van der Waals surface area contributed by atoms with E-state index in [0.717, 1.165) is 9.13 Å². The minimum absolute atomic E-state index is 0. The predicted molar refractivity (Wildman–Crippen MR) is 169 cm³/mol. The predicted octanol–water partition coefficient (Wildman–Crippen LogP) is -6.11. The number of nitrogen functional groups attached to an aromatic ring is 2. The lowest BCUT2D eigenvalue weighted by molar-refractivity contribution is -0.173. The fourth-order valence-electron chi connectivity index (χ4n) is 4.89. The lowest BCUT2D eigenvalue weighted by Crippen LogP contribution is -2.37. The van der Waals surface area contributed by atoms with E-state index in [4.69, 9.17) is 36.9 Å². The lowest BCUT2D eigenvalue weighted by atomic mass is 10.1. The molecule has 1 amide bonds. The Kier molecular flexibility index (Phi) is 18.7. The van der Waals surface area contributed by atoms with Crippen molar-refractivity contribution >= 4 is 17.5 Å². The maximum absolute atomic E-state index is 12.1. The Bertz CT molecular complexity index is 1520. The molecular weight excluding hydrogens is 703 g/mol. The molecule has 4 rings (SSSR count). The smallest absolute Gasteiger partial charge is 0.412 e. The number of alkyl halides is 3. The fraction of sp³-hybridized carbons (Fsp3) is 0.654. The van der Waals surface area contributed by atoms with Crippen molar-refractivity contribution in [2.75, 3.05) is 37.8 Å². The zero-order valence-electron chi connectivity index (χ0n) is 27.0. The average molecular weight is 750 g/mol. The van der Waals surface area contributed by atoms with Crippen LogP contribution in [0.4, 0.5) is 24.8 Å². The molecule has 2 unspecified atom stereocenters. The van der Waals surface area contributed by atoms with Crippen molar-refractivity contribution in [3.8, 4) is 0 Å². The molecule has 0 bridgehead atoms. The molecule has 20 N–H and O–H groups in total. The average Bonchev–Trinajstić information content (AvgIpc) is 3.48. The van der Waals surface area contributed by atoms with E-state index in [0.29, 0.717) is 24.9 Å². The quantitative estimate of drug-likeness (QED) is 0.0952. The first-order valence-electron chi connectivity index (χ1n) is 14.6. The van der Waals surface area contributed by atoms with Crippen molar-refractivity contribution in [2.45, 2.75) is 80.9 Å². The van der Waals surface area contributed by atoms with Crippen LogP contribution in [0.5, 0.6) is 0 Å². The molecule has 2 fully saturated rings. The summed E-state index contributed by atoms with van der Waals surface area (Å²) >= 11 is 0. The summed E-state index contributed by atoms with van der Waals surface area (Å²) in [7, 11) is 0. The van der Waals surface area contributed by atoms with E-state index in [1.165, 1.54) is 12.4 Å². The molecule has 2 aliphatic heterocycles. The molecule has 0 saturated carbocycles. The number of hydrogen-bond acceptors (Lipinski definition) is 17. The van der Waals surface area contributed by atoms with Crippen LogP contribution in [-0.2, 0) is 27.1 Å². The molecule has 4 heterocycles. The van der Waals surface area contributed by atoms with Gasteiger partial charge >= 0.3 is 23.5 Å². The number of halogens is 3. The van der Waals surface area contributed by atoms with Gasteiger partial charge in [-0.15, -0.1) is 0 Å². The number of aliphatic hydroxyl groups is 6. The summed E-state index contributed by atoms with van der Waals surface area (Å²) in [4.78, 5) is 41.9. The number of anilines is 2. The standard InChI is InChI=1S/C14H19F3N4O6.C12H20N4O5.H3N.2H2O/c15-14(16,17)12(25)19-3-1-2-6-4-21(13(26)20-10(6)18)11-9(24)8(23)7(5-22)27-11;13-3-1-2-6-4-16(12(20)15-10(6)14)11-9(19)8(18)7(5-17)21-11;;;/h4,7-9,11,22-24H,1-3,5H2,(H,19,25)(H2,18,20,26);4,7-9,11,17-19H,1-3,5,13H2,(H2,14,15,20);1H3;2*1H2/t2*7-,8?,9+,11-;;;/m11.../s1. The topological polar surface area (TPSA) is 415 Å². The Morgan fingerprint density at radius 3 is 1.53 bits per heavy atom. The van der Waals surface area contributed by atoms with Crippen LogP contribution < -0.4 is 40.0 Å². The van der Waals surface area contributed by atoms with Crippen LogP contribution >= 0.6 is 0 Å². The second kappa shape index (κ2) is 20.2. The number of nitrogens with two attached hydrogens (primary N) is 3. The summed E-state index contributed by atoms with van der Waals surface area (Å²) in [5, 5.41) is 59.3. The molecule has 294 valence electrons. The zero-order valence-corrected chi connectivity index (χ0v) is 27.0. The zero-order chi connectivity index (χ0) is 35.9. The Hall–Kier alpha value is -3.86. The van der Waals surface area contributed by atoms with E-state index >= 15 is 0 Å². The van der Waals surface area contributed by atoms with Gasteiger partial charge in [0.1, 0.15) is 48.3 Å². The molecule has 8 atom stereocenters. The van der Waals surface area contributed by atoms with Crippen molar-refractivity contribution in [3.63, 3.8) is 0 Å². The summed E-state index contributed by atoms with van der Waals surface area (Å²) in [6.07, 6.45) is -11.0. The van der Waals surface area contributed by atoms with Gasteiger partial charge in [0.2, 0.25) is 0 Å². The summed E-state index contributed by atoms with van der Waals surface area (Å²) in [6.45, 7) is -0.874. The van der Waals surface area contributed by atoms with Gasteiger partial charge in [-0.25, -0.2) is 9.59 Å². The van der Waals surface area contributed by atoms with Crippen molar-refractivity contribution in [3.05, 3.63) is 44.5 Å². The number of carbonyl (C=O) groups excluding carboxylic acids is 1. The number of aryl methyl sites for hydroxylation is 2. The van der Waals surface area contributed by atoms with Gasteiger partial charge in [-0.2, -0.15) is 23.1 Å². The number of nitrogens with zero attached hydrogens (tertiary/aromatic N) is 4. The first-order chi connectivity index (χ1) is 22.5. The van der Waals surface area contributed by atoms with Gasteiger partial charge in [-0.3, -0.25) is 13.9 Å². The van der Waals surface area contributed by atoms with Crippen molar-refractivity contribution < 1.29 is 69.0 Å². The number of aliphatic hydroxyl groups excluding tert-OH is 6. The van der Waals surface area contributed by atoms with Crippen LogP contribution in [-0.4, -0.2) is 136 Å². The number of aromatic nitrogens is 4. The number of nitrogens with one attached hydrogen (secondary N) is 1. The molecule has 2 aromatic rings. The highest BCUT2D eigenvalue weighted by Crippen LogP contribution is 2.30. The van der Waals surface area contributed by atoms with Gasteiger partial charge in [-0.05, 0) is 32.2 Å². The van der Waals surface area contributed by atoms with Crippen LogP contribution in [0.2, 0.25) is 0 Å². The molecule has 2 saturated heterocycles. The van der Waals surface area contributed by atoms with E-state index in [1.54, 1.807) is 5.32 Å². The van der Waals surface area contributed by atoms with Crippen molar-refractivity contribution in [1.29, 1.82) is 0 Å². The maximum Gasteiger partial charge on any atom is 0.471 e. The Morgan fingerprint density at radius 2 is 1.20 bits per heavy atom. The monoisotopic (exact) mass is 749 g/mol. The molecular formula is C26H46F3N9O13. The number of amides is 1. The van der Waals surface area contributed by atoms with E-state index in [-0.39, 0.29) is 53.7 Å². The normalized spacial score (nSPS) is 25.5. The van der Waals surface area contributed by atoms with Gasteiger partial charge in [0, 0.05) is 30.1 Å². The van der Waals surface area contributed by atoms with Gasteiger partial charge < -0.3 is 79.7 Å². The minimum Gasteiger partial charge on any atom is -0.412 e. The molecule has 2 aromatic heterocycles. The summed E-state index contributed by atoms with van der Waals surface area (Å²) in [5.41, 5.74) is 16.1. The SMILES string of the molecule is N.NCCCc1cn([C@@H]2O[C@H](CO)C(O)[C@@H]2O)c(=O)nc1N.Nc1nc(=O)n([C@@H]2O[C@H](CO)C(O)[C@@H]2O)cc1CCCNC(=O)C(F)(F)F.O.O. The van der Waals surface area contributed by atoms with Gasteiger partial charge in [-0.1, -0.05) is 0 Å². The number of ether oxygens (including phenoxy) is 2. The van der Waals surface area contributed by atoms with Crippen LogP contribution in [0.15, 0.2) is 22.0 Å². The minimum atomic E-state index is -4.98. The molecule has 22 nitrogen and oxygen atoms in total. The molecule has 25 heteroatoms. The van der Waals surface area contributed by atoms with Gasteiger partial charge in [0.15, 0.2) is 12.5 Å². The largest absolute Gasteiger partial charge is 0.471 e. The first kappa shape index (κ1) is 47.1. The summed E-state index contributed by atoms with van der Waals surface area (Å²) < 4.78 is 48.8. The number of rotatable bonds is 11. The van der Waals surface area contributed by atoms with Crippen molar-refractivity contribution in [2.24, 2.45) is 5.73 Å². The molecule has 0 radical (unpaired) electrons. The highest BCUT2D eigenvalue weighted by atomic mass is 19.4. The molecule has 0 aliphatic carbocycles. The molecule has 2 aliphatic rings. The third-order valence-corrected chi connectivity index (χ3v) is 7.52. The Balaban J connectivity index is 0.000000950. The Morgan fingerprint density at radius 1 is 0.804 bits per heavy atom. The lowest BCUT2D eigenvalue weighted by Gasteiger charge is -2.18. The van der Waals surface area contributed by atoms with Crippen LogP contribution in [0.3, 0.4) is 0 Å². The van der Waals surface area contributed by atoms with Crippen LogP contribution in [0.1, 0.15) is 36.4 Å². The first-order valence-corrected chi connectivity index (χ1v) is 14.6. The molecule has 51 heavy (non-hydrogen) atoms. The van der Waals surface area contributed by atoms with E-state index < -0.39 is 85.8 Å². The fourth-order valence-corrected chi connectivity index (χ4v) is 4.89. The number of carbonyl (C=O) groups is 1. The van der Waals surface area contributed by atoms with E-state index in [1.807, 2.05) is 0 Å². The third kappa shape index (κ3) is 11.3. The molecule has 0 aromatic carbocycles. The highest BCUT2D eigenvalue weighted by molar-refractivity contribution is 5.81. The van der Waals surface area contributed by atoms with Crippen LogP contribution in [0.25, 0.3) is 0 Å². The maximum atomic E-state index is 12.1. The van der Waals surface area contributed by atoms with Crippen molar-refractivity contribution in [1.82, 2.24) is 30.6 Å². The second-order valence-electron chi connectivity index (χ2n) is 10.9. The molecule has 0 spiro atoms. The van der Waals surface area contributed by atoms with E-state index in [9.17, 15) is 48.0 Å². The van der Waals surface area contributed by atoms with Gasteiger partial charge in [0.25, 0.3) is 0 Å². The summed E-state index contributed by atoms with van der Waals surface area (Å²) in [6, 6.07) is 0. The van der Waals surface area contributed by atoms with Gasteiger partial charge in [0.05, 0.1) is 13.2 Å².